The monoisotopic (exact) mass is 350 g/mol. The maximum atomic E-state index is 12.1. The van der Waals surface area contributed by atoms with Crippen molar-refractivity contribution in [2.45, 2.75) is 31.2 Å². The van der Waals surface area contributed by atoms with E-state index < -0.39 is 10.0 Å². The first-order chi connectivity index (χ1) is 11.4. The Morgan fingerprint density at radius 2 is 1.96 bits per heavy atom. The normalized spacial score (nSPS) is 13.0. The van der Waals surface area contributed by atoms with E-state index in [-0.39, 0.29) is 35.7 Å². The molecule has 24 heavy (non-hydrogen) atoms. The molecule has 7 nitrogen and oxygen atoms in total. The molecule has 0 radical (unpaired) electrons. The van der Waals surface area contributed by atoms with Crippen molar-refractivity contribution in [1.29, 1.82) is 0 Å². The standard InChI is InChI=1S/C16H22N4O3S/c1-12(2)15(16-17-10-11-18-16)20-14(21)8-9-19-24(22,23)13-6-4-3-5-7-13/h3-7,10-12,15,19H,8-9H2,1-2H3,(H,17,18)(H,20,21)/t15-/m1/s1. The molecule has 0 saturated heterocycles. The van der Waals surface area contributed by atoms with Crippen molar-refractivity contribution in [2.24, 2.45) is 5.92 Å². The molecule has 0 spiro atoms. The molecule has 1 amide bonds. The molecule has 0 bridgehead atoms. The van der Waals surface area contributed by atoms with E-state index in [1.807, 2.05) is 13.8 Å². The first-order valence-electron chi connectivity index (χ1n) is 7.73. The van der Waals surface area contributed by atoms with Crippen molar-refractivity contribution in [3.05, 3.63) is 48.5 Å². The Bertz CT molecular complexity index is 743. The molecular formula is C16H22N4O3S. The highest BCUT2D eigenvalue weighted by molar-refractivity contribution is 7.89. The molecule has 8 heteroatoms. The first kappa shape index (κ1) is 18.2. The van der Waals surface area contributed by atoms with Crippen LogP contribution in [-0.4, -0.2) is 30.8 Å². The second-order valence-corrected chi connectivity index (χ2v) is 7.49. The quantitative estimate of drug-likeness (QED) is 0.672. The highest BCUT2D eigenvalue weighted by Crippen LogP contribution is 2.17. The van der Waals surface area contributed by atoms with Crippen LogP contribution in [0.1, 0.15) is 32.1 Å². The van der Waals surface area contributed by atoms with Gasteiger partial charge in [-0.05, 0) is 18.1 Å². The summed E-state index contributed by atoms with van der Waals surface area (Å²) in [5.74, 6) is 0.602. The summed E-state index contributed by atoms with van der Waals surface area (Å²) in [5, 5.41) is 2.88. The van der Waals surface area contributed by atoms with Gasteiger partial charge >= 0.3 is 0 Å². The maximum absolute atomic E-state index is 12.1. The second kappa shape index (κ2) is 8.07. The van der Waals surface area contributed by atoms with Gasteiger partial charge in [-0.2, -0.15) is 0 Å². The van der Waals surface area contributed by atoms with Crippen LogP contribution in [0.5, 0.6) is 0 Å². The summed E-state index contributed by atoms with van der Waals surface area (Å²) in [7, 11) is -3.59. The fraction of sp³-hybridized carbons (Fsp3) is 0.375. The van der Waals surface area contributed by atoms with Crippen molar-refractivity contribution < 1.29 is 13.2 Å². The fourth-order valence-corrected chi connectivity index (χ4v) is 3.28. The number of nitrogens with one attached hydrogen (secondary N) is 3. The molecule has 1 aromatic carbocycles. The molecule has 2 rings (SSSR count). The van der Waals surface area contributed by atoms with Crippen LogP contribution in [0, 0.1) is 5.92 Å². The third kappa shape index (κ3) is 4.90. The molecule has 1 aromatic heterocycles. The summed E-state index contributed by atoms with van der Waals surface area (Å²) in [6, 6.07) is 7.82. The Kier molecular flexibility index (Phi) is 6.10. The number of hydrogen-bond donors (Lipinski definition) is 3. The predicted octanol–water partition coefficient (Wildman–Crippen LogP) is 1.59. The number of nitrogens with zero attached hydrogens (tertiary/aromatic N) is 1. The lowest BCUT2D eigenvalue weighted by Gasteiger charge is -2.20. The molecule has 0 fully saturated rings. The molecule has 1 heterocycles. The van der Waals surface area contributed by atoms with Gasteiger partial charge in [-0.1, -0.05) is 32.0 Å². The topological polar surface area (TPSA) is 104 Å². The van der Waals surface area contributed by atoms with E-state index in [0.29, 0.717) is 5.82 Å². The Labute approximate surface area is 141 Å². The van der Waals surface area contributed by atoms with Gasteiger partial charge in [0.1, 0.15) is 5.82 Å². The van der Waals surface area contributed by atoms with Crippen molar-refractivity contribution in [2.75, 3.05) is 6.54 Å². The molecule has 0 unspecified atom stereocenters. The number of rotatable bonds is 8. The van der Waals surface area contributed by atoms with Gasteiger partial charge in [0.2, 0.25) is 15.9 Å². The van der Waals surface area contributed by atoms with Gasteiger partial charge < -0.3 is 10.3 Å². The van der Waals surface area contributed by atoms with Crippen LogP contribution < -0.4 is 10.0 Å². The lowest BCUT2D eigenvalue weighted by atomic mass is 10.0. The summed E-state index contributed by atoms with van der Waals surface area (Å²) in [5.41, 5.74) is 0. The molecule has 0 aliphatic heterocycles. The zero-order valence-electron chi connectivity index (χ0n) is 13.7. The fourth-order valence-electron chi connectivity index (χ4n) is 2.23. The molecule has 1 atom stereocenters. The predicted molar refractivity (Wildman–Crippen MR) is 90.6 cm³/mol. The second-order valence-electron chi connectivity index (χ2n) is 5.72. The van der Waals surface area contributed by atoms with Crippen LogP contribution in [-0.2, 0) is 14.8 Å². The number of carbonyl (C=O) groups is 1. The SMILES string of the molecule is CC(C)[C@@H](NC(=O)CCNS(=O)(=O)c1ccccc1)c1ncc[nH]1. The average molecular weight is 350 g/mol. The van der Waals surface area contributed by atoms with E-state index >= 15 is 0 Å². The van der Waals surface area contributed by atoms with Crippen molar-refractivity contribution in [1.82, 2.24) is 20.0 Å². The number of H-pyrrole nitrogens is 1. The van der Waals surface area contributed by atoms with Crippen LogP contribution >= 0.6 is 0 Å². The van der Waals surface area contributed by atoms with E-state index in [1.165, 1.54) is 12.1 Å². The minimum Gasteiger partial charge on any atom is -0.347 e. The van der Waals surface area contributed by atoms with E-state index in [2.05, 4.69) is 20.0 Å². The number of aromatic nitrogens is 2. The van der Waals surface area contributed by atoms with Crippen molar-refractivity contribution in [3.63, 3.8) is 0 Å². The Morgan fingerprint density at radius 3 is 2.54 bits per heavy atom. The van der Waals surface area contributed by atoms with E-state index in [0.717, 1.165) is 0 Å². The third-order valence-corrected chi connectivity index (χ3v) is 4.97. The van der Waals surface area contributed by atoms with Gasteiger partial charge in [-0.3, -0.25) is 4.79 Å². The van der Waals surface area contributed by atoms with Gasteiger partial charge in [0.15, 0.2) is 0 Å². The van der Waals surface area contributed by atoms with Gasteiger partial charge in [0, 0.05) is 25.4 Å². The zero-order valence-corrected chi connectivity index (χ0v) is 14.5. The van der Waals surface area contributed by atoms with Crippen LogP contribution in [0.4, 0.5) is 0 Å². The highest BCUT2D eigenvalue weighted by Gasteiger charge is 2.20. The third-order valence-electron chi connectivity index (χ3n) is 3.49. The van der Waals surface area contributed by atoms with Gasteiger partial charge in [-0.15, -0.1) is 0 Å². The highest BCUT2D eigenvalue weighted by atomic mass is 32.2. The Hall–Kier alpha value is -2.19. The summed E-state index contributed by atoms with van der Waals surface area (Å²) < 4.78 is 26.6. The average Bonchev–Trinajstić information content (AvgIpc) is 3.07. The summed E-state index contributed by atoms with van der Waals surface area (Å²) in [6.45, 7) is 3.99. The molecule has 3 N–H and O–H groups in total. The zero-order chi connectivity index (χ0) is 17.6. The summed E-state index contributed by atoms with van der Waals surface area (Å²) in [6.07, 6.45) is 3.38. The Balaban J connectivity index is 1.87. The maximum Gasteiger partial charge on any atom is 0.240 e. The number of sulfonamides is 1. The first-order valence-corrected chi connectivity index (χ1v) is 9.22. The van der Waals surface area contributed by atoms with E-state index in [1.54, 1.807) is 30.6 Å². The molecule has 130 valence electrons. The minimum atomic E-state index is -3.59. The minimum absolute atomic E-state index is 0.0338. The molecule has 0 aliphatic rings. The lowest BCUT2D eigenvalue weighted by Crippen LogP contribution is -2.35. The van der Waals surface area contributed by atoms with E-state index in [4.69, 9.17) is 0 Å². The van der Waals surface area contributed by atoms with Crippen LogP contribution in [0.15, 0.2) is 47.6 Å². The molecule has 0 saturated carbocycles. The van der Waals surface area contributed by atoms with E-state index in [9.17, 15) is 13.2 Å². The number of imidazole rings is 1. The lowest BCUT2D eigenvalue weighted by molar-refractivity contribution is -0.122. The molecule has 0 aliphatic carbocycles. The number of carbonyl (C=O) groups excluding carboxylic acids is 1. The van der Waals surface area contributed by atoms with Crippen LogP contribution in [0.3, 0.4) is 0 Å². The number of hydrogen-bond acceptors (Lipinski definition) is 4. The number of aromatic amines is 1. The smallest absolute Gasteiger partial charge is 0.240 e. The summed E-state index contributed by atoms with van der Waals surface area (Å²) >= 11 is 0. The van der Waals surface area contributed by atoms with Gasteiger partial charge in [0.25, 0.3) is 0 Å². The number of benzene rings is 1. The number of amides is 1. The molecular weight excluding hydrogens is 328 g/mol. The largest absolute Gasteiger partial charge is 0.347 e. The summed E-state index contributed by atoms with van der Waals surface area (Å²) in [4.78, 5) is 19.4. The van der Waals surface area contributed by atoms with Gasteiger partial charge in [-0.25, -0.2) is 18.1 Å². The van der Waals surface area contributed by atoms with Crippen molar-refractivity contribution >= 4 is 15.9 Å². The van der Waals surface area contributed by atoms with Gasteiger partial charge in [0.05, 0.1) is 10.9 Å². The molecule has 2 aromatic rings. The Morgan fingerprint density at radius 1 is 1.25 bits per heavy atom. The van der Waals surface area contributed by atoms with Crippen LogP contribution in [0.2, 0.25) is 0 Å². The van der Waals surface area contributed by atoms with Crippen LogP contribution in [0.25, 0.3) is 0 Å². The van der Waals surface area contributed by atoms with Crippen molar-refractivity contribution in [3.8, 4) is 0 Å².